The van der Waals surface area contributed by atoms with Gasteiger partial charge in [-0.1, -0.05) is 6.07 Å². The first-order chi connectivity index (χ1) is 17.6. The number of thiophene rings is 1. The van der Waals surface area contributed by atoms with Crippen LogP contribution in [0.25, 0.3) is 20.4 Å². The molecular formula is C26H28N4O5S. The minimum Gasteiger partial charge on any atom is -0.496 e. The minimum atomic E-state index is -0.398. The van der Waals surface area contributed by atoms with E-state index < -0.39 is 5.69 Å². The maximum absolute atomic E-state index is 13.2. The summed E-state index contributed by atoms with van der Waals surface area (Å²) in [6.07, 6.45) is 3.25. The Balaban J connectivity index is 1.14. The topological polar surface area (TPSA) is 98.7 Å². The third kappa shape index (κ3) is 3.75. The van der Waals surface area contributed by atoms with E-state index in [9.17, 15) is 9.59 Å². The predicted octanol–water partition coefficient (Wildman–Crippen LogP) is 3.20. The number of unbranched alkanes of at least 4 members (excludes halogenated alkanes) is 1. The van der Waals surface area contributed by atoms with E-state index in [2.05, 4.69) is 14.9 Å². The first-order valence-corrected chi connectivity index (χ1v) is 13.0. The van der Waals surface area contributed by atoms with Gasteiger partial charge in [-0.25, -0.2) is 4.79 Å². The molecule has 0 aliphatic carbocycles. The van der Waals surface area contributed by atoms with E-state index >= 15 is 0 Å². The Kier molecular flexibility index (Phi) is 5.93. The first-order valence-electron chi connectivity index (χ1n) is 12.2. The third-order valence-corrected chi connectivity index (χ3v) is 8.55. The van der Waals surface area contributed by atoms with E-state index in [1.54, 1.807) is 26.5 Å². The fraction of sp³-hybridized carbons (Fsp3) is 0.423. The molecule has 1 N–H and O–H groups in total. The van der Waals surface area contributed by atoms with Crippen LogP contribution >= 0.6 is 11.3 Å². The molecule has 4 aromatic rings. The third-order valence-electron chi connectivity index (χ3n) is 7.37. The van der Waals surface area contributed by atoms with Crippen molar-refractivity contribution in [2.24, 2.45) is 5.92 Å². The molecule has 0 bridgehead atoms. The van der Waals surface area contributed by atoms with Crippen LogP contribution in [0, 0.1) is 5.92 Å². The second-order valence-electron chi connectivity index (χ2n) is 9.40. The molecule has 10 heteroatoms. The van der Waals surface area contributed by atoms with E-state index in [-0.39, 0.29) is 5.56 Å². The summed E-state index contributed by atoms with van der Waals surface area (Å²) in [5.41, 5.74) is 1.59. The molecule has 5 heterocycles. The van der Waals surface area contributed by atoms with Crippen LogP contribution in [0.5, 0.6) is 17.2 Å². The molecule has 2 aliphatic heterocycles. The van der Waals surface area contributed by atoms with Crippen LogP contribution in [0.15, 0.2) is 40.1 Å². The van der Waals surface area contributed by atoms with Crippen LogP contribution in [0.3, 0.4) is 0 Å². The molecule has 1 aromatic carbocycles. The second kappa shape index (κ2) is 9.25. The number of hydrogen-bond donors (Lipinski definition) is 1. The average molecular weight is 509 g/mol. The van der Waals surface area contributed by atoms with Gasteiger partial charge in [0, 0.05) is 43.2 Å². The highest BCUT2D eigenvalue weighted by Crippen LogP contribution is 2.46. The van der Waals surface area contributed by atoms with Gasteiger partial charge < -0.3 is 24.1 Å². The molecule has 0 radical (unpaired) electrons. The summed E-state index contributed by atoms with van der Waals surface area (Å²) < 4.78 is 19.6. The SMILES string of the molecule is COc1cccc2c1[C@@H]1CN(CCCCn3c(=O)[nH]c4c(sc5c(OC)ccnc54)c3=O)C[C@@H]1CO2. The number of nitrogens with zero attached hydrogens (tertiary/aromatic N) is 3. The molecule has 0 saturated carbocycles. The number of nitrogens with one attached hydrogen (secondary N) is 1. The lowest BCUT2D eigenvalue weighted by Gasteiger charge is -2.29. The Morgan fingerprint density at radius 1 is 1.08 bits per heavy atom. The van der Waals surface area contributed by atoms with Crippen molar-refractivity contribution in [1.29, 1.82) is 0 Å². The first kappa shape index (κ1) is 23.1. The summed E-state index contributed by atoms with van der Waals surface area (Å²) in [4.78, 5) is 35.6. The van der Waals surface area contributed by atoms with Gasteiger partial charge >= 0.3 is 5.69 Å². The summed E-state index contributed by atoms with van der Waals surface area (Å²) in [7, 11) is 3.29. The number of H-pyrrole nitrogens is 1. The van der Waals surface area contributed by atoms with Crippen molar-refractivity contribution in [2.75, 3.05) is 40.5 Å². The molecular weight excluding hydrogens is 480 g/mol. The van der Waals surface area contributed by atoms with Crippen molar-refractivity contribution in [3.8, 4) is 17.2 Å². The lowest BCUT2D eigenvalue weighted by atomic mass is 9.86. The number of likely N-dealkylation sites (tertiary alicyclic amines) is 1. The second-order valence-corrected chi connectivity index (χ2v) is 10.4. The van der Waals surface area contributed by atoms with Gasteiger partial charge in [0.25, 0.3) is 5.56 Å². The predicted molar refractivity (Wildman–Crippen MR) is 139 cm³/mol. The van der Waals surface area contributed by atoms with E-state index in [1.807, 2.05) is 18.2 Å². The zero-order valence-electron chi connectivity index (χ0n) is 20.3. The highest BCUT2D eigenvalue weighted by atomic mass is 32.1. The summed E-state index contributed by atoms with van der Waals surface area (Å²) in [5, 5.41) is 0. The van der Waals surface area contributed by atoms with Crippen molar-refractivity contribution in [3.05, 3.63) is 56.9 Å². The van der Waals surface area contributed by atoms with Gasteiger partial charge in [0.1, 0.15) is 27.5 Å². The molecule has 2 atom stereocenters. The monoisotopic (exact) mass is 508 g/mol. The zero-order valence-corrected chi connectivity index (χ0v) is 21.1. The Morgan fingerprint density at radius 2 is 1.92 bits per heavy atom. The fourth-order valence-electron chi connectivity index (χ4n) is 5.62. The van der Waals surface area contributed by atoms with Crippen molar-refractivity contribution >= 4 is 31.8 Å². The van der Waals surface area contributed by atoms with Crippen molar-refractivity contribution in [3.63, 3.8) is 0 Å². The maximum Gasteiger partial charge on any atom is 0.328 e. The molecule has 188 valence electrons. The highest BCUT2D eigenvalue weighted by molar-refractivity contribution is 7.26. The van der Waals surface area contributed by atoms with Gasteiger partial charge in [0.05, 0.1) is 31.0 Å². The number of aromatic nitrogens is 3. The number of rotatable bonds is 7. The number of fused-ring (bicyclic) bond motifs is 6. The molecule has 1 saturated heterocycles. The highest BCUT2D eigenvalue weighted by Gasteiger charge is 2.40. The van der Waals surface area contributed by atoms with Crippen LogP contribution < -0.4 is 25.5 Å². The molecule has 36 heavy (non-hydrogen) atoms. The number of aromatic amines is 1. The van der Waals surface area contributed by atoms with Gasteiger partial charge in [0.15, 0.2) is 0 Å². The zero-order chi connectivity index (χ0) is 24.8. The maximum atomic E-state index is 13.2. The van der Waals surface area contributed by atoms with E-state index in [0.717, 1.165) is 55.3 Å². The molecule has 9 nitrogen and oxygen atoms in total. The van der Waals surface area contributed by atoms with Crippen LogP contribution in [-0.4, -0.2) is 59.9 Å². The Labute approximate surface area is 211 Å². The van der Waals surface area contributed by atoms with E-state index in [0.29, 0.717) is 39.9 Å². The average Bonchev–Trinajstić information content (AvgIpc) is 3.49. The largest absolute Gasteiger partial charge is 0.496 e. The van der Waals surface area contributed by atoms with Crippen LogP contribution in [0.2, 0.25) is 0 Å². The Hall–Kier alpha value is -3.37. The van der Waals surface area contributed by atoms with E-state index in [4.69, 9.17) is 14.2 Å². The van der Waals surface area contributed by atoms with Gasteiger partial charge in [-0.2, -0.15) is 0 Å². The fourth-order valence-corrected chi connectivity index (χ4v) is 6.78. The van der Waals surface area contributed by atoms with Gasteiger partial charge in [-0.15, -0.1) is 11.3 Å². The number of methoxy groups -OCH3 is 2. The molecule has 1 fully saturated rings. The summed E-state index contributed by atoms with van der Waals surface area (Å²) >= 11 is 1.31. The Morgan fingerprint density at radius 3 is 2.75 bits per heavy atom. The summed E-state index contributed by atoms with van der Waals surface area (Å²) in [6, 6.07) is 7.74. The quantitative estimate of drug-likeness (QED) is 0.383. The van der Waals surface area contributed by atoms with Crippen LogP contribution in [0.4, 0.5) is 0 Å². The molecule has 0 unspecified atom stereocenters. The molecule has 0 spiro atoms. The van der Waals surface area contributed by atoms with Crippen molar-refractivity contribution in [2.45, 2.75) is 25.3 Å². The standard InChI is InChI=1S/C26H28N4O5S/c1-33-17-6-5-7-18-20(17)16-13-29(12-15(16)14-35-18)10-3-4-11-30-25(31)24-22(28-26(30)32)21-23(36-24)19(34-2)8-9-27-21/h5-9,15-16H,3-4,10-14H2,1-2H3,(H,28,32)/t15-,16-/m1/s1. The summed E-state index contributed by atoms with van der Waals surface area (Å²) in [5.74, 6) is 3.31. The summed E-state index contributed by atoms with van der Waals surface area (Å²) in [6.45, 7) is 3.95. The number of benzene rings is 1. The normalized spacial score (nSPS) is 19.3. The number of pyridine rings is 1. The molecule has 6 rings (SSSR count). The van der Waals surface area contributed by atoms with Crippen LogP contribution in [0.1, 0.15) is 24.3 Å². The van der Waals surface area contributed by atoms with E-state index in [1.165, 1.54) is 21.5 Å². The van der Waals surface area contributed by atoms with Crippen molar-refractivity contribution in [1.82, 2.24) is 19.4 Å². The van der Waals surface area contributed by atoms with Gasteiger partial charge in [-0.3, -0.25) is 14.3 Å². The number of hydrogen-bond acceptors (Lipinski definition) is 8. The molecule has 0 amide bonds. The van der Waals surface area contributed by atoms with Gasteiger partial charge in [0.2, 0.25) is 0 Å². The molecule has 2 aliphatic rings. The Bertz CT molecular complexity index is 1540. The van der Waals surface area contributed by atoms with Gasteiger partial charge in [-0.05, 0) is 37.6 Å². The lowest BCUT2D eigenvalue weighted by molar-refractivity contribution is 0.209. The van der Waals surface area contributed by atoms with Crippen molar-refractivity contribution < 1.29 is 14.2 Å². The molecule has 3 aromatic heterocycles. The smallest absolute Gasteiger partial charge is 0.328 e. The van der Waals surface area contributed by atoms with Crippen LogP contribution in [-0.2, 0) is 6.54 Å². The minimum absolute atomic E-state index is 0.271. The lowest BCUT2D eigenvalue weighted by Crippen LogP contribution is -2.34. The number of ether oxygens (including phenoxy) is 3.